The normalized spacial score (nSPS) is 11.4. The highest BCUT2D eigenvalue weighted by Gasteiger charge is 2.23. The number of aryl methyl sites for hydroxylation is 1. The summed E-state index contributed by atoms with van der Waals surface area (Å²) < 4.78 is 31.3. The van der Waals surface area contributed by atoms with E-state index in [0.717, 1.165) is 0 Å². The first kappa shape index (κ1) is 26.9. The number of rotatable bonds is 11. The van der Waals surface area contributed by atoms with Crippen LogP contribution in [-0.4, -0.2) is 67.4 Å². The van der Waals surface area contributed by atoms with Crippen molar-refractivity contribution in [1.29, 1.82) is 0 Å². The number of hydrogen-bond acceptors (Lipinski definition) is 7. The molecule has 1 aromatic heterocycles. The molecule has 2 aromatic rings. The molecule has 2 rings (SSSR count). The summed E-state index contributed by atoms with van der Waals surface area (Å²) in [6.45, 7) is 7.80. The largest absolute Gasteiger partial charge is 0.456 e. The Labute approximate surface area is 198 Å². The van der Waals surface area contributed by atoms with Crippen molar-refractivity contribution in [3.8, 4) is 0 Å². The predicted molar refractivity (Wildman–Crippen MR) is 124 cm³/mol. The molecule has 0 aliphatic carbocycles. The molecular weight excluding hydrogens is 462 g/mol. The number of nitrogens with zero attached hydrogens (tertiary/aromatic N) is 1. The average molecular weight is 492 g/mol. The molecule has 0 aliphatic heterocycles. The van der Waals surface area contributed by atoms with Gasteiger partial charge in [0.05, 0.1) is 10.6 Å². The van der Waals surface area contributed by atoms with Gasteiger partial charge in [-0.15, -0.1) is 0 Å². The Bertz CT molecular complexity index is 1190. The van der Waals surface area contributed by atoms with E-state index >= 15 is 0 Å². The lowest BCUT2D eigenvalue weighted by Crippen LogP contribution is -2.32. The van der Waals surface area contributed by atoms with Crippen LogP contribution in [0, 0.1) is 13.8 Å². The van der Waals surface area contributed by atoms with Gasteiger partial charge in [0, 0.05) is 29.9 Å². The molecule has 0 atom stereocenters. The average Bonchev–Trinajstić information content (AvgIpc) is 3.10. The Morgan fingerprint density at radius 2 is 1.62 bits per heavy atom. The molecule has 1 aromatic carbocycles. The van der Waals surface area contributed by atoms with Crippen molar-refractivity contribution in [3.05, 3.63) is 52.3 Å². The molecule has 0 saturated carbocycles. The van der Waals surface area contributed by atoms with Crippen molar-refractivity contribution in [2.45, 2.75) is 39.5 Å². The number of carbonyl (C=O) groups is 4. The topological polar surface area (TPSA) is 143 Å². The van der Waals surface area contributed by atoms with Crippen molar-refractivity contribution in [1.82, 2.24) is 14.6 Å². The van der Waals surface area contributed by atoms with Gasteiger partial charge in [-0.25, -0.2) is 8.42 Å². The van der Waals surface area contributed by atoms with Crippen LogP contribution in [0.4, 0.5) is 0 Å². The second-order valence-corrected chi connectivity index (χ2v) is 9.50. The van der Waals surface area contributed by atoms with Crippen LogP contribution in [0.1, 0.15) is 63.2 Å². The summed E-state index contributed by atoms with van der Waals surface area (Å²) in [6.07, 6.45) is 0. The van der Waals surface area contributed by atoms with E-state index in [2.05, 4.69) is 10.3 Å². The number of ketones is 2. The zero-order chi connectivity index (χ0) is 25.6. The number of benzene rings is 1. The first-order valence-electron chi connectivity index (χ1n) is 10.7. The van der Waals surface area contributed by atoms with Crippen molar-refractivity contribution in [2.75, 3.05) is 26.2 Å². The van der Waals surface area contributed by atoms with Crippen molar-refractivity contribution < 1.29 is 32.3 Å². The summed E-state index contributed by atoms with van der Waals surface area (Å²) in [4.78, 5) is 51.2. The number of Topliss-reactive ketones (excluding diaryl/α,β-unsaturated/α-hetero) is 2. The van der Waals surface area contributed by atoms with E-state index in [9.17, 15) is 27.6 Å². The van der Waals surface area contributed by atoms with E-state index in [1.165, 1.54) is 35.5 Å². The number of esters is 1. The third kappa shape index (κ3) is 5.97. The number of amides is 1. The minimum absolute atomic E-state index is 0.0634. The Balaban J connectivity index is 1.92. The highest BCUT2D eigenvalue weighted by Crippen LogP contribution is 2.19. The quantitative estimate of drug-likeness (QED) is 0.362. The molecule has 0 bridgehead atoms. The van der Waals surface area contributed by atoms with Crippen LogP contribution in [-0.2, 0) is 19.6 Å². The number of aromatic amines is 1. The van der Waals surface area contributed by atoms with E-state index < -0.39 is 40.8 Å². The van der Waals surface area contributed by atoms with Crippen molar-refractivity contribution >= 4 is 33.5 Å². The van der Waals surface area contributed by atoms with Crippen molar-refractivity contribution in [3.63, 3.8) is 0 Å². The van der Waals surface area contributed by atoms with Crippen LogP contribution >= 0.6 is 0 Å². The number of sulfonamides is 1. The Morgan fingerprint density at radius 1 is 1.03 bits per heavy atom. The summed E-state index contributed by atoms with van der Waals surface area (Å²) in [5.74, 6) is -2.10. The molecule has 0 unspecified atom stereocenters. The molecular formula is C23H29N3O7S. The molecule has 2 N–H and O–H groups in total. The Morgan fingerprint density at radius 3 is 2.12 bits per heavy atom. The number of nitrogens with one attached hydrogen (secondary N) is 2. The van der Waals surface area contributed by atoms with E-state index in [0.29, 0.717) is 29.9 Å². The molecule has 11 heteroatoms. The number of H-pyrrole nitrogens is 1. The summed E-state index contributed by atoms with van der Waals surface area (Å²) in [6, 6.07) is 5.36. The third-order valence-electron chi connectivity index (χ3n) is 5.29. The molecule has 0 saturated heterocycles. The molecule has 0 spiro atoms. The lowest BCUT2D eigenvalue weighted by atomic mass is 10.1. The molecule has 184 valence electrons. The minimum atomic E-state index is -3.64. The first-order chi connectivity index (χ1) is 15.9. The second-order valence-electron chi connectivity index (χ2n) is 7.56. The van der Waals surface area contributed by atoms with E-state index in [1.54, 1.807) is 27.7 Å². The van der Waals surface area contributed by atoms with Gasteiger partial charge in [0.25, 0.3) is 5.91 Å². The SMILES string of the molecule is CCN(CC)S(=O)(=O)c1ccc(C(=O)NCC(=O)OCC(=O)c2[nH]c(C)c(C(C)=O)c2C)cc1. The lowest BCUT2D eigenvalue weighted by molar-refractivity contribution is -0.141. The first-order valence-corrected chi connectivity index (χ1v) is 12.1. The fourth-order valence-corrected chi connectivity index (χ4v) is 5.03. The summed E-state index contributed by atoms with van der Waals surface area (Å²) in [5, 5.41) is 2.37. The number of aromatic nitrogens is 1. The van der Waals surface area contributed by atoms with Crippen LogP contribution < -0.4 is 5.32 Å². The van der Waals surface area contributed by atoms with Crippen LogP contribution in [0.25, 0.3) is 0 Å². The summed E-state index contributed by atoms with van der Waals surface area (Å²) in [7, 11) is -3.64. The van der Waals surface area contributed by atoms with Gasteiger partial charge >= 0.3 is 5.97 Å². The van der Waals surface area contributed by atoms with Crippen LogP contribution in [0.3, 0.4) is 0 Å². The third-order valence-corrected chi connectivity index (χ3v) is 7.35. The lowest BCUT2D eigenvalue weighted by Gasteiger charge is -2.18. The van der Waals surface area contributed by atoms with Gasteiger partial charge in [-0.1, -0.05) is 13.8 Å². The maximum Gasteiger partial charge on any atom is 0.325 e. The standard InChI is InChI=1S/C23H29N3O7S/c1-6-26(7-2)34(31,32)18-10-8-17(9-11-18)23(30)24-12-20(29)33-13-19(28)22-14(3)21(16(5)27)15(4)25-22/h8-11,25H,6-7,12-13H2,1-5H3,(H,24,30). The van der Waals surface area contributed by atoms with Gasteiger partial charge in [-0.05, 0) is 50.6 Å². The Kier molecular flexibility index (Phi) is 8.88. The molecule has 1 heterocycles. The zero-order valence-corrected chi connectivity index (χ0v) is 20.7. The summed E-state index contributed by atoms with van der Waals surface area (Å²) in [5.41, 5.74) is 1.84. The van der Waals surface area contributed by atoms with Gasteiger partial charge in [-0.2, -0.15) is 4.31 Å². The molecule has 34 heavy (non-hydrogen) atoms. The molecule has 0 radical (unpaired) electrons. The van der Waals surface area contributed by atoms with Crippen LogP contribution in [0.15, 0.2) is 29.2 Å². The van der Waals surface area contributed by atoms with Gasteiger partial charge in [-0.3, -0.25) is 19.2 Å². The smallest absolute Gasteiger partial charge is 0.325 e. The van der Waals surface area contributed by atoms with Gasteiger partial charge in [0.1, 0.15) is 6.54 Å². The molecule has 10 nitrogen and oxygen atoms in total. The van der Waals surface area contributed by atoms with E-state index in [1.807, 2.05) is 0 Å². The highest BCUT2D eigenvalue weighted by atomic mass is 32.2. The van der Waals surface area contributed by atoms with Crippen LogP contribution in [0.5, 0.6) is 0 Å². The van der Waals surface area contributed by atoms with Gasteiger partial charge < -0.3 is 15.0 Å². The minimum Gasteiger partial charge on any atom is -0.456 e. The maximum atomic E-state index is 12.5. The fourth-order valence-electron chi connectivity index (χ4n) is 3.57. The van der Waals surface area contributed by atoms with Crippen LogP contribution in [0.2, 0.25) is 0 Å². The number of hydrogen-bond donors (Lipinski definition) is 2. The van der Waals surface area contributed by atoms with Gasteiger partial charge in [0.15, 0.2) is 12.4 Å². The maximum absolute atomic E-state index is 12.5. The fraction of sp³-hybridized carbons (Fsp3) is 0.391. The van der Waals surface area contributed by atoms with E-state index in [-0.39, 0.29) is 21.9 Å². The van der Waals surface area contributed by atoms with E-state index in [4.69, 9.17) is 4.74 Å². The second kappa shape index (κ2) is 11.2. The molecule has 0 fully saturated rings. The van der Waals surface area contributed by atoms with Crippen molar-refractivity contribution in [2.24, 2.45) is 0 Å². The number of ether oxygens (including phenoxy) is 1. The van der Waals surface area contributed by atoms with Gasteiger partial charge in [0.2, 0.25) is 15.8 Å². The molecule has 1 amide bonds. The predicted octanol–water partition coefficient (Wildman–Crippen LogP) is 2.02. The monoisotopic (exact) mass is 491 g/mol. The zero-order valence-electron chi connectivity index (χ0n) is 19.9. The Hall–Kier alpha value is -3.31. The number of carbonyl (C=O) groups excluding carboxylic acids is 4. The highest BCUT2D eigenvalue weighted by molar-refractivity contribution is 7.89. The summed E-state index contributed by atoms with van der Waals surface area (Å²) >= 11 is 0. The molecule has 0 aliphatic rings.